The first-order chi connectivity index (χ1) is 22.3. The predicted molar refractivity (Wildman–Crippen MR) is 171 cm³/mol. The SMILES string of the molecule is COC(=O)c1ccc(CNC(=O)c2ccc(-n3c(=O)ccc4c(C)nc(N5CCN(C(=O)c6cccnc6)CC5)nc43)cc2)cc1. The summed E-state index contributed by atoms with van der Waals surface area (Å²) >= 11 is 0. The summed E-state index contributed by atoms with van der Waals surface area (Å²) in [5, 5.41) is 3.60. The molecule has 0 bridgehead atoms. The lowest BCUT2D eigenvalue weighted by molar-refractivity contribution is 0.0600. The lowest BCUT2D eigenvalue weighted by atomic mass is 10.1. The lowest BCUT2D eigenvalue weighted by Gasteiger charge is -2.35. The number of aromatic nitrogens is 4. The van der Waals surface area contributed by atoms with Crippen LogP contribution < -0.4 is 15.8 Å². The van der Waals surface area contributed by atoms with Crippen molar-refractivity contribution in [3.05, 3.63) is 123 Å². The molecule has 1 saturated heterocycles. The Balaban J connectivity index is 1.18. The zero-order valence-corrected chi connectivity index (χ0v) is 25.3. The van der Waals surface area contributed by atoms with E-state index in [-0.39, 0.29) is 23.9 Å². The van der Waals surface area contributed by atoms with E-state index in [9.17, 15) is 19.2 Å². The Hall–Kier alpha value is -5.91. The predicted octanol–water partition coefficient (Wildman–Crippen LogP) is 3.16. The van der Waals surface area contributed by atoms with Gasteiger partial charge < -0.3 is 19.9 Å². The lowest BCUT2D eigenvalue weighted by Crippen LogP contribution is -2.49. The number of benzene rings is 2. The smallest absolute Gasteiger partial charge is 0.337 e. The molecular weight excluding hydrogens is 586 g/mol. The molecule has 1 aliphatic heterocycles. The standard InChI is InChI=1S/C34H31N7O5/c1-22-28-13-14-29(42)41(27-11-9-24(10-12-27)31(43)36-20-23-5-7-25(8-6-23)33(45)46-2)30(28)38-34(37-22)40-18-16-39(17-19-40)32(44)26-4-3-15-35-21-26/h3-15,21H,16-20H2,1-2H3,(H,36,43). The van der Waals surface area contributed by atoms with Crippen LogP contribution in [-0.2, 0) is 11.3 Å². The first kappa shape index (κ1) is 30.1. The summed E-state index contributed by atoms with van der Waals surface area (Å²) < 4.78 is 6.23. The molecule has 232 valence electrons. The van der Waals surface area contributed by atoms with Gasteiger partial charge >= 0.3 is 5.97 Å². The molecule has 1 N–H and O–H groups in total. The third-order valence-electron chi connectivity index (χ3n) is 7.90. The van der Waals surface area contributed by atoms with Gasteiger partial charge in [-0.15, -0.1) is 0 Å². The Morgan fingerprint density at radius 1 is 0.848 bits per heavy atom. The van der Waals surface area contributed by atoms with Gasteiger partial charge in [0.05, 0.1) is 29.6 Å². The van der Waals surface area contributed by atoms with Crippen LogP contribution in [0.3, 0.4) is 0 Å². The molecule has 0 saturated carbocycles. The highest BCUT2D eigenvalue weighted by Crippen LogP contribution is 2.22. The number of hydrogen-bond donors (Lipinski definition) is 1. The van der Waals surface area contributed by atoms with E-state index >= 15 is 0 Å². The van der Waals surface area contributed by atoms with Gasteiger partial charge in [0.2, 0.25) is 5.95 Å². The Morgan fingerprint density at radius 3 is 2.24 bits per heavy atom. The molecule has 12 nitrogen and oxygen atoms in total. The molecule has 0 unspecified atom stereocenters. The van der Waals surface area contributed by atoms with Gasteiger partial charge in [0.25, 0.3) is 17.4 Å². The number of aryl methyl sites for hydroxylation is 1. The van der Waals surface area contributed by atoms with Gasteiger partial charge in [-0.1, -0.05) is 12.1 Å². The third-order valence-corrected chi connectivity index (χ3v) is 7.90. The number of carbonyl (C=O) groups excluding carboxylic acids is 3. The summed E-state index contributed by atoms with van der Waals surface area (Å²) in [6.07, 6.45) is 3.20. The minimum atomic E-state index is -0.424. The Bertz CT molecular complexity index is 1970. The van der Waals surface area contributed by atoms with E-state index in [2.05, 4.69) is 10.3 Å². The van der Waals surface area contributed by atoms with Crippen LogP contribution in [0.5, 0.6) is 0 Å². The number of rotatable bonds is 7. The average Bonchev–Trinajstić information content (AvgIpc) is 3.10. The van der Waals surface area contributed by atoms with E-state index in [0.717, 1.165) is 16.6 Å². The van der Waals surface area contributed by atoms with Gasteiger partial charge in [-0.25, -0.2) is 9.78 Å². The first-order valence-electron chi connectivity index (χ1n) is 14.7. The second kappa shape index (κ2) is 13.0. The number of pyridine rings is 2. The molecule has 1 aliphatic rings. The van der Waals surface area contributed by atoms with Crippen LogP contribution in [0.25, 0.3) is 16.7 Å². The molecule has 12 heteroatoms. The maximum Gasteiger partial charge on any atom is 0.337 e. The maximum atomic E-state index is 13.2. The fraction of sp³-hybridized carbons (Fsp3) is 0.206. The van der Waals surface area contributed by atoms with Crippen LogP contribution in [0.2, 0.25) is 0 Å². The Labute approximate surface area is 264 Å². The number of ether oxygens (including phenoxy) is 1. The normalized spacial score (nSPS) is 13.0. The highest BCUT2D eigenvalue weighted by molar-refractivity contribution is 5.95. The monoisotopic (exact) mass is 617 g/mol. The number of nitrogens with one attached hydrogen (secondary N) is 1. The number of esters is 1. The minimum absolute atomic E-state index is 0.0661. The van der Waals surface area contributed by atoms with Gasteiger partial charge in [-0.3, -0.25) is 23.9 Å². The number of carbonyl (C=O) groups is 3. The molecule has 5 aromatic rings. The van der Waals surface area contributed by atoms with E-state index in [1.54, 1.807) is 84.0 Å². The number of piperazine rings is 1. The van der Waals surface area contributed by atoms with Crippen LogP contribution in [0, 0.1) is 6.92 Å². The summed E-state index contributed by atoms with van der Waals surface area (Å²) in [5.74, 6) is -0.292. The van der Waals surface area contributed by atoms with Crippen molar-refractivity contribution in [1.29, 1.82) is 0 Å². The average molecular weight is 618 g/mol. The molecule has 2 aromatic carbocycles. The fourth-order valence-corrected chi connectivity index (χ4v) is 5.35. The molecule has 0 radical (unpaired) electrons. The minimum Gasteiger partial charge on any atom is -0.465 e. The van der Waals surface area contributed by atoms with Crippen LogP contribution in [0.4, 0.5) is 5.95 Å². The zero-order chi connectivity index (χ0) is 32.2. The summed E-state index contributed by atoms with van der Waals surface area (Å²) in [4.78, 5) is 68.0. The van der Waals surface area contributed by atoms with Gasteiger partial charge in [0.15, 0.2) is 5.65 Å². The number of hydrogen-bond acceptors (Lipinski definition) is 9. The van der Waals surface area contributed by atoms with Crippen molar-refractivity contribution in [3.8, 4) is 5.69 Å². The van der Waals surface area contributed by atoms with Crippen molar-refractivity contribution in [2.24, 2.45) is 0 Å². The summed E-state index contributed by atoms with van der Waals surface area (Å²) in [5.41, 5.74) is 3.70. The molecule has 6 rings (SSSR count). The molecule has 46 heavy (non-hydrogen) atoms. The van der Waals surface area contributed by atoms with E-state index in [0.29, 0.717) is 60.2 Å². The van der Waals surface area contributed by atoms with Gasteiger partial charge in [-0.05, 0) is 67.1 Å². The van der Waals surface area contributed by atoms with Gasteiger partial charge in [0, 0.05) is 62.1 Å². The van der Waals surface area contributed by atoms with Crippen molar-refractivity contribution in [3.63, 3.8) is 0 Å². The highest BCUT2D eigenvalue weighted by Gasteiger charge is 2.25. The Kier molecular flexibility index (Phi) is 8.50. The maximum absolute atomic E-state index is 13.2. The number of nitrogens with zero attached hydrogens (tertiary/aromatic N) is 6. The van der Waals surface area contributed by atoms with E-state index in [4.69, 9.17) is 14.7 Å². The van der Waals surface area contributed by atoms with Crippen LogP contribution in [-0.4, -0.2) is 75.5 Å². The molecule has 3 aromatic heterocycles. The summed E-state index contributed by atoms with van der Waals surface area (Å²) in [6, 6.07) is 20.2. The van der Waals surface area contributed by atoms with Gasteiger partial charge in [-0.2, -0.15) is 4.98 Å². The first-order valence-corrected chi connectivity index (χ1v) is 14.7. The largest absolute Gasteiger partial charge is 0.465 e. The second-order valence-corrected chi connectivity index (χ2v) is 10.8. The third kappa shape index (κ3) is 6.18. The number of amides is 2. The van der Waals surface area contributed by atoms with Crippen molar-refractivity contribution in [2.75, 3.05) is 38.2 Å². The van der Waals surface area contributed by atoms with E-state index < -0.39 is 5.97 Å². The Morgan fingerprint density at radius 2 is 1.57 bits per heavy atom. The number of anilines is 1. The molecule has 1 fully saturated rings. The van der Waals surface area contributed by atoms with Gasteiger partial charge in [0.1, 0.15) is 0 Å². The highest BCUT2D eigenvalue weighted by atomic mass is 16.5. The summed E-state index contributed by atoms with van der Waals surface area (Å²) in [6.45, 7) is 4.22. The van der Waals surface area contributed by atoms with E-state index in [1.165, 1.54) is 17.7 Å². The van der Waals surface area contributed by atoms with Crippen molar-refractivity contribution >= 4 is 34.8 Å². The topological polar surface area (TPSA) is 140 Å². The molecule has 2 amide bonds. The fourth-order valence-electron chi connectivity index (χ4n) is 5.35. The second-order valence-electron chi connectivity index (χ2n) is 10.8. The molecule has 0 aliphatic carbocycles. The van der Waals surface area contributed by atoms with Crippen molar-refractivity contribution < 1.29 is 19.1 Å². The molecular formula is C34H31N7O5. The van der Waals surface area contributed by atoms with E-state index in [1.807, 2.05) is 11.8 Å². The summed E-state index contributed by atoms with van der Waals surface area (Å²) in [7, 11) is 1.32. The van der Waals surface area contributed by atoms with Crippen LogP contribution in [0.15, 0.2) is 90.0 Å². The number of methoxy groups -OCH3 is 1. The molecule has 4 heterocycles. The van der Waals surface area contributed by atoms with Crippen LogP contribution >= 0.6 is 0 Å². The van der Waals surface area contributed by atoms with Crippen LogP contribution in [0.1, 0.15) is 42.3 Å². The van der Waals surface area contributed by atoms with Crippen molar-refractivity contribution in [1.82, 2.24) is 29.7 Å². The molecule has 0 spiro atoms. The zero-order valence-electron chi connectivity index (χ0n) is 25.3. The molecule has 0 atom stereocenters. The quantitative estimate of drug-likeness (QED) is 0.273. The number of fused-ring (bicyclic) bond motifs is 1. The van der Waals surface area contributed by atoms with Crippen molar-refractivity contribution in [2.45, 2.75) is 13.5 Å².